The highest BCUT2D eigenvalue weighted by atomic mass is 19.1. The lowest BCUT2D eigenvalue weighted by atomic mass is 10.0. The number of halogens is 1. The number of furan rings is 1. The average molecular weight is 490 g/mol. The summed E-state index contributed by atoms with van der Waals surface area (Å²) in [5.41, 5.74) is 3.33. The number of ether oxygens (including phenoxy) is 1. The van der Waals surface area contributed by atoms with Crippen LogP contribution in [0.4, 0.5) is 9.18 Å². The number of aryl methyl sites for hydroxylation is 2. The van der Waals surface area contributed by atoms with Gasteiger partial charge in [-0.05, 0) is 69.5 Å². The Balaban J connectivity index is 1.34. The predicted molar refractivity (Wildman–Crippen MR) is 134 cm³/mol. The molecule has 5 rings (SSSR count). The van der Waals surface area contributed by atoms with Crippen molar-refractivity contribution in [1.82, 2.24) is 14.5 Å². The third kappa shape index (κ3) is 5.03. The van der Waals surface area contributed by atoms with Crippen LogP contribution in [0.3, 0.4) is 0 Å². The van der Waals surface area contributed by atoms with E-state index in [9.17, 15) is 14.0 Å². The number of amides is 1. The lowest BCUT2D eigenvalue weighted by Gasteiger charge is -2.29. The zero-order valence-corrected chi connectivity index (χ0v) is 20.6. The van der Waals surface area contributed by atoms with Crippen molar-refractivity contribution in [3.05, 3.63) is 93.6 Å². The summed E-state index contributed by atoms with van der Waals surface area (Å²) < 4.78 is 26.3. The van der Waals surface area contributed by atoms with Crippen molar-refractivity contribution in [3.8, 4) is 5.69 Å². The number of pyridine rings is 2. The Morgan fingerprint density at radius 2 is 1.97 bits per heavy atom. The summed E-state index contributed by atoms with van der Waals surface area (Å²) in [6.07, 6.45) is 4.48. The maximum Gasteiger partial charge on any atom is 0.410 e. The van der Waals surface area contributed by atoms with Crippen LogP contribution in [0.25, 0.3) is 16.7 Å². The molecular weight excluding hydrogens is 461 g/mol. The van der Waals surface area contributed by atoms with Gasteiger partial charge in [0.25, 0.3) is 5.56 Å². The van der Waals surface area contributed by atoms with Crippen LogP contribution in [0.15, 0.2) is 64.1 Å². The van der Waals surface area contributed by atoms with Gasteiger partial charge in [0, 0.05) is 47.9 Å². The Morgan fingerprint density at radius 1 is 1.14 bits per heavy atom. The number of fused-ring (bicyclic) bond motifs is 3. The molecule has 7 nitrogen and oxygen atoms in total. The quantitative estimate of drug-likeness (QED) is 0.394. The zero-order valence-electron chi connectivity index (χ0n) is 20.6. The number of hydrogen-bond acceptors (Lipinski definition) is 5. The minimum atomic E-state index is -0.550. The Bertz CT molecular complexity index is 1480. The summed E-state index contributed by atoms with van der Waals surface area (Å²) in [5, 5.41) is 0.929. The molecular formula is C28H28FN3O4. The molecule has 0 unspecified atom stereocenters. The summed E-state index contributed by atoms with van der Waals surface area (Å²) in [4.78, 5) is 31.2. The molecule has 36 heavy (non-hydrogen) atoms. The fraction of sp³-hybridized carbons (Fsp3) is 0.321. The van der Waals surface area contributed by atoms with Crippen LogP contribution >= 0.6 is 0 Å². The molecule has 1 aromatic carbocycles. The van der Waals surface area contributed by atoms with Crippen molar-refractivity contribution < 1.29 is 18.3 Å². The average Bonchev–Trinajstić information content (AvgIpc) is 3.19. The number of benzene rings is 1. The molecule has 0 aliphatic carbocycles. The fourth-order valence-corrected chi connectivity index (χ4v) is 4.42. The normalized spacial score (nSPS) is 13.6. The summed E-state index contributed by atoms with van der Waals surface area (Å²) in [6.45, 7) is 6.52. The molecule has 0 spiro atoms. The first kappa shape index (κ1) is 23.8. The lowest BCUT2D eigenvalue weighted by molar-refractivity contribution is 0.0220. The second-order valence-corrected chi connectivity index (χ2v) is 10.0. The minimum Gasteiger partial charge on any atom is -0.461 e. The largest absolute Gasteiger partial charge is 0.461 e. The first-order valence-electron chi connectivity index (χ1n) is 12.0. The molecule has 8 heteroatoms. The van der Waals surface area contributed by atoms with Crippen molar-refractivity contribution in [2.24, 2.45) is 0 Å². The molecule has 4 heterocycles. The van der Waals surface area contributed by atoms with Crippen LogP contribution in [0.2, 0.25) is 0 Å². The molecule has 1 aliphatic rings. The van der Waals surface area contributed by atoms with E-state index >= 15 is 0 Å². The van der Waals surface area contributed by atoms with Gasteiger partial charge in [0.2, 0.25) is 0 Å². The van der Waals surface area contributed by atoms with Crippen LogP contribution in [-0.2, 0) is 30.5 Å². The first-order chi connectivity index (χ1) is 17.2. The van der Waals surface area contributed by atoms with Gasteiger partial charge in [-0.25, -0.2) is 9.18 Å². The number of rotatable bonds is 4. The van der Waals surface area contributed by atoms with Gasteiger partial charge in [-0.1, -0.05) is 0 Å². The number of nitrogens with zero attached hydrogens (tertiary/aromatic N) is 3. The SMILES string of the molecule is CC(C)(C)OC(=O)N1CCc2oc3cc(-n4ccc(CCc5ccc(F)cn5)cc4=O)ccc3c2C1. The highest BCUT2D eigenvalue weighted by Gasteiger charge is 2.29. The second kappa shape index (κ2) is 9.26. The van der Waals surface area contributed by atoms with Gasteiger partial charge < -0.3 is 14.1 Å². The third-order valence-electron chi connectivity index (χ3n) is 6.19. The first-order valence-corrected chi connectivity index (χ1v) is 12.0. The lowest BCUT2D eigenvalue weighted by Crippen LogP contribution is -2.39. The van der Waals surface area contributed by atoms with Crippen LogP contribution in [0.5, 0.6) is 0 Å². The number of carbonyl (C=O) groups excluding carboxylic acids is 1. The van der Waals surface area contributed by atoms with Crippen molar-refractivity contribution >= 4 is 17.1 Å². The van der Waals surface area contributed by atoms with Crippen molar-refractivity contribution in [2.75, 3.05) is 6.54 Å². The molecule has 0 atom stereocenters. The fourth-order valence-electron chi connectivity index (χ4n) is 4.42. The standard InChI is InChI=1S/C28H28FN3O4/c1-28(2,3)36-27(34)31-12-11-24-23(17-31)22-9-8-21(15-25(22)35-24)32-13-10-18(14-26(32)33)4-6-20-7-5-19(29)16-30-20/h5,7-10,13-16H,4,6,11-12,17H2,1-3H3. The molecule has 4 aromatic rings. The summed E-state index contributed by atoms with van der Waals surface area (Å²) in [6, 6.07) is 12.2. The molecule has 0 fully saturated rings. The van der Waals surface area contributed by atoms with E-state index in [1.807, 2.05) is 45.0 Å². The molecule has 1 aliphatic heterocycles. The summed E-state index contributed by atoms with van der Waals surface area (Å²) >= 11 is 0. The van der Waals surface area contributed by atoms with E-state index in [1.165, 1.54) is 12.3 Å². The van der Waals surface area contributed by atoms with Crippen LogP contribution < -0.4 is 5.56 Å². The number of carbonyl (C=O) groups is 1. The Kier molecular flexibility index (Phi) is 6.12. The smallest absolute Gasteiger partial charge is 0.410 e. The monoisotopic (exact) mass is 489 g/mol. The topological polar surface area (TPSA) is 77.6 Å². The molecule has 1 amide bonds. The van der Waals surface area contributed by atoms with Gasteiger partial charge in [-0.15, -0.1) is 0 Å². The Morgan fingerprint density at radius 3 is 2.69 bits per heavy atom. The highest BCUT2D eigenvalue weighted by molar-refractivity contribution is 5.85. The van der Waals surface area contributed by atoms with Gasteiger partial charge in [0.05, 0.1) is 18.4 Å². The zero-order chi connectivity index (χ0) is 25.4. The molecule has 0 N–H and O–H groups in total. The van der Waals surface area contributed by atoms with Gasteiger partial charge in [0.15, 0.2) is 0 Å². The van der Waals surface area contributed by atoms with Gasteiger partial charge in [0.1, 0.15) is 22.8 Å². The van der Waals surface area contributed by atoms with Gasteiger partial charge in [-0.2, -0.15) is 0 Å². The van der Waals surface area contributed by atoms with Crippen molar-refractivity contribution in [3.63, 3.8) is 0 Å². The highest BCUT2D eigenvalue weighted by Crippen LogP contribution is 2.32. The molecule has 0 saturated carbocycles. The van der Waals surface area contributed by atoms with E-state index in [-0.39, 0.29) is 17.5 Å². The summed E-state index contributed by atoms with van der Waals surface area (Å²) in [7, 11) is 0. The van der Waals surface area contributed by atoms with Crippen molar-refractivity contribution in [2.45, 2.75) is 52.2 Å². The van der Waals surface area contributed by atoms with E-state index in [1.54, 1.807) is 27.8 Å². The van der Waals surface area contributed by atoms with E-state index in [0.29, 0.717) is 43.6 Å². The predicted octanol–water partition coefficient (Wildman–Crippen LogP) is 5.20. The molecule has 3 aromatic heterocycles. The number of hydrogen-bond donors (Lipinski definition) is 0. The van der Waals surface area contributed by atoms with Gasteiger partial charge >= 0.3 is 6.09 Å². The third-order valence-corrected chi connectivity index (χ3v) is 6.19. The van der Waals surface area contributed by atoms with E-state index in [0.717, 1.165) is 28.0 Å². The Hall–Kier alpha value is -3.94. The van der Waals surface area contributed by atoms with E-state index in [2.05, 4.69) is 4.98 Å². The maximum absolute atomic E-state index is 13.0. The molecule has 0 saturated heterocycles. The van der Waals surface area contributed by atoms with Crippen molar-refractivity contribution in [1.29, 1.82) is 0 Å². The minimum absolute atomic E-state index is 0.147. The molecule has 186 valence electrons. The second-order valence-electron chi connectivity index (χ2n) is 10.0. The molecule has 0 bridgehead atoms. The number of aromatic nitrogens is 2. The van der Waals surface area contributed by atoms with Crippen LogP contribution in [0.1, 0.15) is 43.4 Å². The molecule has 0 radical (unpaired) electrons. The van der Waals surface area contributed by atoms with E-state index in [4.69, 9.17) is 9.15 Å². The van der Waals surface area contributed by atoms with Crippen LogP contribution in [0, 0.1) is 5.82 Å². The van der Waals surface area contributed by atoms with E-state index < -0.39 is 5.60 Å². The van der Waals surface area contributed by atoms with Crippen LogP contribution in [-0.4, -0.2) is 32.7 Å². The maximum atomic E-state index is 13.0. The summed E-state index contributed by atoms with van der Waals surface area (Å²) in [5.74, 6) is 0.496. The van der Waals surface area contributed by atoms with Gasteiger partial charge in [-0.3, -0.25) is 14.3 Å². The Labute approximate surface area is 208 Å².